The molecule has 34 heavy (non-hydrogen) atoms. The molecule has 4 aromatic rings. The van der Waals surface area contributed by atoms with Gasteiger partial charge in [0.05, 0.1) is 6.10 Å². The van der Waals surface area contributed by atoms with E-state index in [1.807, 2.05) is 0 Å². The lowest BCUT2D eigenvalue weighted by Gasteiger charge is -2.27. The summed E-state index contributed by atoms with van der Waals surface area (Å²) in [7, 11) is 0. The van der Waals surface area contributed by atoms with Crippen molar-refractivity contribution in [3.8, 4) is 5.75 Å². The van der Waals surface area contributed by atoms with Crippen LogP contribution in [0, 0.1) is 0 Å². The molecule has 0 bridgehead atoms. The minimum absolute atomic E-state index is 0.0980. The molecule has 0 saturated carbocycles. The van der Waals surface area contributed by atoms with E-state index in [1.54, 1.807) is 0 Å². The second kappa shape index (κ2) is 10.7. The van der Waals surface area contributed by atoms with Crippen LogP contribution in [-0.4, -0.2) is 6.10 Å². The molecule has 0 spiro atoms. The van der Waals surface area contributed by atoms with Crippen LogP contribution in [0.2, 0.25) is 0 Å². The zero-order valence-electron chi connectivity index (χ0n) is 21.0. The number of hydrogen-bond acceptors (Lipinski definition) is 1. The molecule has 0 fully saturated rings. The molecule has 3 unspecified atom stereocenters. The molecular weight excluding hydrogens is 412 g/mol. The van der Waals surface area contributed by atoms with Crippen LogP contribution < -0.4 is 4.74 Å². The minimum atomic E-state index is 0.0980. The Morgan fingerprint density at radius 1 is 0.441 bits per heavy atom. The van der Waals surface area contributed by atoms with Gasteiger partial charge in [0.1, 0.15) is 5.75 Å². The number of benzene rings is 4. The first kappa shape index (κ1) is 23.8. The van der Waals surface area contributed by atoms with Gasteiger partial charge in [-0.2, -0.15) is 0 Å². The van der Waals surface area contributed by atoms with Crippen molar-refractivity contribution in [2.75, 3.05) is 0 Å². The maximum Gasteiger partial charge on any atom is 0.127 e. The molecule has 174 valence electrons. The van der Waals surface area contributed by atoms with E-state index in [0.717, 1.165) is 5.75 Å². The summed E-state index contributed by atoms with van der Waals surface area (Å²) < 4.78 is 6.60. The summed E-state index contributed by atoms with van der Waals surface area (Å²) in [6.07, 6.45) is 0.0980. The van der Waals surface area contributed by atoms with E-state index in [4.69, 9.17) is 4.74 Å². The SMILES string of the molecule is CC(C)Oc1c(C(C)c2ccccc2)cc(C(C)c2ccccc2)cc1C(C)c1ccccc1. The predicted molar refractivity (Wildman–Crippen MR) is 144 cm³/mol. The second-order valence-electron chi connectivity index (χ2n) is 9.59. The van der Waals surface area contributed by atoms with Crippen molar-refractivity contribution < 1.29 is 4.74 Å². The molecule has 1 heteroatoms. The van der Waals surface area contributed by atoms with Crippen molar-refractivity contribution >= 4 is 0 Å². The Balaban J connectivity index is 1.93. The monoisotopic (exact) mass is 448 g/mol. The van der Waals surface area contributed by atoms with Crippen LogP contribution in [0.15, 0.2) is 103 Å². The smallest absolute Gasteiger partial charge is 0.127 e. The molecule has 0 amide bonds. The summed E-state index contributed by atoms with van der Waals surface area (Å²) in [5, 5.41) is 0. The Morgan fingerprint density at radius 3 is 1.15 bits per heavy atom. The summed E-state index contributed by atoms with van der Waals surface area (Å²) in [5.41, 5.74) is 7.79. The summed E-state index contributed by atoms with van der Waals surface area (Å²) in [5.74, 6) is 1.77. The Labute approximate surface area is 205 Å². The Kier molecular flexibility index (Phi) is 7.53. The fourth-order valence-corrected chi connectivity index (χ4v) is 4.74. The minimum Gasteiger partial charge on any atom is -0.490 e. The van der Waals surface area contributed by atoms with Gasteiger partial charge >= 0.3 is 0 Å². The van der Waals surface area contributed by atoms with Crippen LogP contribution in [0.3, 0.4) is 0 Å². The Hall–Kier alpha value is -3.32. The number of hydrogen-bond donors (Lipinski definition) is 0. The highest BCUT2D eigenvalue weighted by molar-refractivity contribution is 5.54. The molecule has 0 aromatic heterocycles. The zero-order valence-corrected chi connectivity index (χ0v) is 21.0. The summed E-state index contributed by atoms with van der Waals surface area (Å²) in [6, 6.07) is 37.1. The largest absolute Gasteiger partial charge is 0.490 e. The first-order valence-electron chi connectivity index (χ1n) is 12.4. The van der Waals surface area contributed by atoms with Crippen LogP contribution in [0.5, 0.6) is 5.75 Å². The van der Waals surface area contributed by atoms with E-state index < -0.39 is 0 Å². The van der Waals surface area contributed by atoms with Gasteiger partial charge in [0.15, 0.2) is 0 Å². The van der Waals surface area contributed by atoms with Crippen LogP contribution in [0.25, 0.3) is 0 Å². The van der Waals surface area contributed by atoms with Gasteiger partial charge in [0.2, 0.25) is 0 Å². The van der Waals surface area contributed by atoms with Gasteiger partial charge in [-0.15, -0.1) is 0 Å². The van der Waals surface area contributed by atoms with E-state index in [9.17, 15) is 0 Å². The van der Waals surface area contributed by atoms with Crippen LogP contribution in [0.4, 0.5) is 0 Å². The van der Waals surface area contributed by atoms with E-state index in [1.165, 1.54) is 33.4 Å². The molecule has 4 aromatic carbocycles. The van der Waals surface area contributed by atoms with Crippen molar-refractivity contribution in [3.05, 3.63) is 137 Å². The van der Waals surface area contributed by atoms with E-state index in [0.29, 0.717) is 0 Å². The highest BCUT2D eigenvalue weighted by Gasteiger charge is 2.25. The maximum atomic E-state index is 6.60. The standard InChI is InChI=1S/C33H36O/c1-23(2)34-33-31(25(4)28-17-11-7-12-18-28)21-30(24(3)27-15-9-6-10-16-27)22-32(33)26(5)29-19-13-8-14-20-29/h6-26H,1-5H3. The average Bonchev–Trinajstić information content (AvgIpc) is 2.88. The Morgan fingerprint density at radius 2 is 0.794 bits per heavy atom. The average molecular weight is 449 g/mol. The molecule has 1 nitrogen and oxygen atoms in total. The molecule has 0 aliphatic carbocycles. The zero-order chi connectivity index (χ0) is 24.1. The van der Waals surface area contributed by atoms with Gasteiger partial charge in [0.25, 0.3) is 0 Å². The number of rotatable bonds is 8. The summed E-state index contributed by atoms with van der Waals surface area (Å²) >= 11 is 0. The van der Waals surface area contributed by atoms with Gasteiger partial charge in [-0.25, -0.2) is 0 Å². The molecular formula is C33H36O. The molecule has 3 atom stereocenters. The molecule has 0 N–H and O–H groups in total. The highest BCUT2D eigenvalue weighted by Crippen LogP contribution is 2.43. The van der Waals surface area contributed by atoms with Crippen molar-refractivity contribution in [1.82, 2.24) is 0 Å². The molecule has 0 radical (unpaired) electrons. The van der Waals surface area contributed by atoms with Crippen molar-refractivity contribution in [2.45, 2.75) is 58.5 Å². The quantitative estimate of drug-likeness (QED) is 0.261. The van der Waals surface area contributed by atoms with Crippen molar-refractivity contribution in [2.24, 2.45) is 0 Å². The molecule has 0 saturated heterocycles. The number of ether oxygens (including phenoxy) is 1. The van der Waals surface area contributed by atoms with Crippen LogP contribution in [-0.2, 0) is 0 Å². The molecule has 0 heterocycles. The van der Waals surface area contributed by atoms with Crippen LogP contribution >= 0.6 is 0 Å². The van der Waals surface area contributed by atoms with E-state index in [-0.39, 0.29) is 23.9 Å². The van der Waals surface area contributed by atoms with E-state index in [2.05, 4.69) is 138 Å². The third kappa shape index (κ3) is 5.25. The molecule has 0 aliphatic rings. The lowest BCUT2D eigenvalue weighted by Crippen LogP contribution is -2.14. The van der Waals surface area contributed by atoms with E-state index >= 15 is 0 Å². The fourth-order valence-electron chi connectivity index (χ4n) is 4.74. The summed E-state index contributed by atoms with van der Waals surface area (Å²) in [6.45, 7) is 11.1. The predicted octanol–water partition coefficient (Wildman–Crippen LogP) is 8.93. The second-order valence-corrected chi connectivity index (χ2v) is 9.59. The topological polar surface area (TPSA) is 9.23 Å². The maximum absolute atomic E-state index is 6.60. The highest BCUT2D eigenvalue weighted by atomic mass is 16.5. The van der Waals surface area contributed by atoms with Gasteiger partial charge in [-0.3, -0.25) is 0 Å². The van der Waals surface area contributed by atoms with Gasteiger partial charge in [-0.1, -0.05) is 124 Å². The third-order valence-electron chi connectivity index (χ3n) is 6.85. The lowest BCUT2D eigenvalue weighted by atomic mass is 9.81. The Bertz CT molecular complexity index is 1110. The first-order valence-corrected chi connectivity index (χ1v) is 12.4. The summed E-state index contributed by atoms with van der Waals surface area (Å²) in [4.78, 5) is 0. The van der Waals surface area contributed by atoms with Gasteiger partial charge < -0.3 is 4.74 Å². The lowest BCUT2D eigenvalue weighted by molar-refractivity contribution is 0.236. The van der Waals surface area contributed by atoms with Crippen molar-refractivity contribution in [3.63, 3.8) is 0 Å². The first-order chi connectivity index (χ1) is 16.5. The van der Waals surface area contributed by atoms with Crippen molar-refractivity contribution in [1.29, 1.82) is 0 Å². The van der Waals surface area contributed by atoms with Gasteiger partial charge in [-0.05, 0) is 36.1 Å². The molecule has 0 aliphatic heterocycles. The van der Waals surface area contributed by atoms with Crippen LogP contribution in [0.1, 0.15) is 85.8 Å². The fraction of sp³-hybridized carbons (Fsp3) is 0.273. The normalized spacial score (nSPS) is 13.9. The third-order valence-corrected chi connectivity index (χ3v) is 6.85. The molecule has 4 rings (SSSR count). The van der Waals surface area contributed by atoms with Gasteiger partial charge in [0, 0.05) is 28.9 Å².